The second-order valence-electron chi connectivity index (χ2n) is 5.13. The fourth-order valence-corrected chi connectivity index (χ4v) is 3.73. The second-order valence-corrected chi connectivity index (χ2v) is 7.05. The monoisotopic (exact) mass is 372 g/mol. The maximum Gasteiger partial charge on any atom is 0.396 e. The molecule has 2 aromatic heterocycles. The number of benzene rings is 2. The van der Waals surface area contributed by atoms with E-state index in [1.165, 1.54) is 23.5 Å². The van der Waals surface area contributed by atoms with Crippen molar-refractivity contribution in [3.05, 3.63) is 74.3 Å². The number of esters is 1. The molecule has 0 saturated heterocycles. The lowest BCUT2D eigenvalue weighted by molar-refractivity contribution is 0.0740. The number of hydrogen-bond acceptors (Lipinski definition) is 6. The van der Waals surface area contributed by atoms with Gasteiger partial charge in [0.2, 0.25) is 0 Å². The smallest absolute Gasteiger partial charge is 0.396 e. The van der Waals surface area contributed by atoms with Crippen molar-refractivity contribution in [2.24, 2.45) is 0 Å². The van der Waals surface area contributed by atoms with Gasteiger partial charge in [0.15, 0.2) is 5.58 Å². The third-order valence-electron chi connectivity index (χ3n) is 3.50. The van der Waals surface area contributed by atoms with Gasteiger partial charge in [-0.05, 0) is 35.2 Å². The molecule has 0 amide bonds. The molecule has 0 atom stereocenters. The quantitative estimate of drug-likeness (QED) is 0.377. The molecule has 2 aromatic carbocycles. The zero-order chi connectivity index (χ0) is 17.4. The Labute approximate surface area is 148 Å². The fraction of sp³-hybridized carbons (Fsp3) is 0. The van der Waals surface area contributed by atoms with Crippen LogP contribution in [0.15, 0.2) is 63.1 Å². The number of carbonyl (C=O) groups excluding carboxylic acids is 1. The molecule has 0 radical (unpaired) electrons. The summed E-state index contributed by atoms with van der Waals surface area (Å²) >= 11 is 2.20. The first-order chi connectivity index (χ1) is 12.1. The molecule has 0 saturated carbocycles. The van der Waals surface area contributed by atoms with Crippen molar-refractivity contribution >= 4 is 38.9 Å². The van der Waals surface area contributed by atoms with Crippen LogP contribution in [0.1, 0.15) is 9.67 Å². The van der Waals surface area contributed by atoms with E-state index < -0.39 is 10.9 Å². The molecule has 124 valence electrons. The summed E-state index contributed by atoms with van der Waals surface area (Å²) in [5, 5.41) is 1.78. The summed E-state index contributed by atoms with van der Waals surface area (Å²) in [6, 6.07) is 12.4. The van der Waals surface area contributed by atoms with Gasteiger partial charge in [-0.3, -0.25) is 0 Å². The SMILES string of the molecule is O=C(Oc1cc(-c2ccc(F)cc2)c2oc(=O)sc2c1)c1cccs1. The summed E-state index contributed by atoms with van der Waals surface area (Å²) in [7, 11) is 0. The number of ether oxygens (including phenoxy) is 1. The maximum atomic E-state index is 13.2. The van der Waals surface area contributed by atoms with Crippen LogP contribution >= 0.6 is 22.7 Å². The highest BCUT2D eigenvalue weighted by Gasteiger charge is 2.16. The van der Waals surface area contributed by atoms with Crippen LogP contribution in [-0.4, -0.2) is 5.97 Å². The number of fused-ring (bicyclic) bond motifs is 1. The Bertz CT molecular complexity index is 1110. The molecule has 0 aliphatic carbocycles. The van der Waals surface area contributed by atoms with Crippen LogP contribution in [-0.2, 0) is 0 Å². The van der Waals surface area contributed by atoms with Gasteiger partial charge in [0.05, 0.1) is 4.70 Å². The molecule has 0 spiro atoms. The first-order valence-electron chi connectivity index (χ1n) is 7.19. The third-order valence-corrected chi connectivity index (χ3v) is 5.12. The van der Waals surface area contributed by atoms with Crippen LogP contribution in [0.25, 0.3) is 21.4 Å². The molecule has 4 nitrogen and oxygen atoms in total. The van der Waals surface area contributed by atoms with Crippen LogP contribution in [0.4, 0.5) is 4.39 Å². The molecule has 4 rings (SSSR count). The zero-order valence-electron chi connectivity index (χ0n) is 12.5. The molecule has 0 fully saturated rings. The Balaban J connectivity index is 1.82. The van der Waals surface area contributed by atoms with E-state index in [9.17, 15) is 14.0 Å². The Kier molecular flexibility index (Phi) is 3.95. The van der Waals surface area contributed by atoms with E-state index in [0.717, 1.165) is 11.3 Å². The van der Waals surface area contributed by atoms with E-state index in [-0.39, 0.29) is 5.82 Å². The summed E-state index contributed by atoms with van der Waals surface area (Å²) in [6.45, 7) is 0. The molecule has 25 heavy (non-hydrogen) atoms. The molecule has 7 heteroatoms. The standard InChI is InChI=1S/C18H9FO4S2/c19-11-5-3-10(4-6-11)13-8-12(9-15-16(13)23-18(21)25-15)22-17(20)14-2-1-7-24-14/h1-9H. The van der Waals surface area contributed by atoms with Crippen LogP contribution < -0.4 is 9.68 Å². The van der Waals surface area contributed by atoms with Crippen molar-refractivity contribution in [3.8, 4) is 16.9 Å². The Morgan fingerprint density at radius 3 is 2.64 bits per heavy atom. The summed E-state index contributed by atoms with van der Waals surface area (Å²) in [6.07, 6.45) is 0. The topological polar surface area (TPSA) is 56.5 Å². The van der Waals surface area contributed by atoms with Crippen LogP contribution in [0.2, 0.25) is 0 Å². The predicted octanol–water partition coefficient (Wildman–Crippen LogP) is 4.94. The Morgan fingerprint density at radius 1 is 1.12 bits per heavy atom. The average Bonchev–Trinajstić information content (AvgIpc) is 3.23. The van der Waals surface area contributed by atoms with Crippen LogP contribution in [0.5, 0.6) is 5.75 Å². The molecule has 2 heterocycles. The van der Waals surface area contributed by atoms with Crippen LogP contribution in [0, 0.1) is 5.82 Å². The minimum Gasteiger partial charge on any atom is -0.422 e. The highest BCUT2D eigenvalue weighted by Crippen LogP contribution is 2.35. The fourth-order valence-electron chi connectivity index (χ4n) is 2.41. The van der Waals surface area contributed by atoms with Gasteiger partial charge in [-0.25, -0.2) is 14.0 Å². The second kappa shape index (κ2) is 6.27. The molecular formula is C18H9FO4S2. The molecule has 0 unspecified atom stereocenters. The van der Waals surface area contributed by atoms with E-state index in [4.69, 9.17) is 9.15 Å². The number of thiophene rings is 1. The third kappa shape index (κ3) is 3.11. The van der Waals surface area contributed by atoms with Gasteiger partial charge < -0.3 is 9.15 Å². The number of carbonyl (C=O) groups is 1. The summed E-state index contributed by atoms with van der Waals surface area (Å²) < 4.78 is 24.4. The lowest BCUT2D eigenvalue weighted by Gasteiger charge is -2.07. The van der Waals surface area contributed by atoms with E-state index in [0.29, 0.717) is 32.0 Å². The molecular weight excluding hydrogens is 363 g/mol. The van der Waals surface area contributed by atoms with Gasteiger partial charge >= 0.3 is 10.9 Å². The van der Waals surface area contributed by atoms with Crippen molar-refractivity contribution in [1.29, 1.82) is 0 Å². The Morgan fingerprint density at radius 2 is 1.92 bits per heavy atom. The number of hydrogen-bond donors (Lipinski definition) is 0. The zero-order valence-corrected chi connectivity index (χ0v) is 14.2. The first-order valence-corrected chi connectivity index (χ1v) is 8.89. The lowest BCUT2D eigenvalue weighted by Crippen LogP contribution is -2.06. The normalized spacial score (nSPS) is 10.9. The van der Waals surface area contributed by atoms with Crippen molar-refractivity contribution in [2.45, 2.75) is 0 Å². The van der Waals surface area contributed by atoms with E-state index in [2.05, 4.69) is 0 Å². The Hall–Kier alpha value is -2.77. The lowest BCUT2D eigenvalue weighted by atomic mass is 10.0. The molecule has 0 aliphatic heterocycles. The number of rotatable bonds is 3. The van der Waals surface area contributed by atoms with E-state index in [1.54, 1.807) is 41.8 Å². The average molecular weight is 372 g/mol. The molecule has 0 aliphatic rings. The summed E-state index contributed by atoms with van der Waals surface area (Å²) in [5.74, 6) is -0.551. The highest BCUT2D eigenvalue weighted by molar-refractivity contribution is 7.16. The predicted molar refractivity (Wildman–Crippen MR) is 95.0 cm³/mol. The van der Waals surface area contributed by atoms with Crippen molar-refractivity contribution < 1.29 is 18.3 Å². The minimum atomic E-state index is -0.477. The van der Waals surface area contributed by atoms with Gasteiger partial charge in [0.1, 0.15) is 16.4 Å². The van der Waals surface area contributed by atoms with Gasteiger partial charge in [0, 0.05) is 11.6 Å². The largest absolute Gasteiger partial charge is 0.422 e. The molecule has 0 bridgehead atoms. The summed E-state index contributed by atoms with van der Waals surface area (Å²) in [5.41, 5.74) is 1.60. The number of halogens is 1. The van der Waals surface area contributed by atoms with Crippen LogP contribution in [0.3, 0.4) is 0 Å². The van der Waals surface area contributed by atoms with E-state index in [1.807, 2.05) is 0 Å². The van der Waals surface area contributed by atoms with Crippen molar-refractivity contribution in [1.82, 2.24) is 0 Å². The molecule has 0 N–H and O–H groups in total. The van der Waals surface area contributed by atoms with Gasteiger partial charge in [0.25, 0.3) is 0 Å². The van der Waals surface area contributed by atoms with Crippen molar-refractivity contribution in [2.75, 3.05) is 0 Å². The van der Waals surface area contributed by atoms with Crippen molar-refractivity contribution in [3.63, 3.8) is 0 Å². The maximum absolute atomic E-state index is 13.2. The van der Waals surface area contributed by atoms with Gasteiger partial charge in [-0.2, -0.15) is 0 Å². The first kappa shape index (κ1) is 15.7. The minimum absolute atomic E-state index is 0.294. The summed E-state index contributed by atoms with van der Waals surface area (Å²) in [4.78, 5) is 23.8. The van der Waals surface area contributed by atoms with Gasteiger partial charge in [-0.15, -0.1) is 11.3 Å². The van der Waals surface area contributed by atoms with E-state index >= 15 is 0 Å². The highest BCUT2D eigenvalue weighted by atomic mass is 32.1. The van der Waals surface area contributed by atoms with Gasteiger partial charge in [-0.1, -0.05) is 29.5 Å². The molecule has 4 aromatic rings.